The van der Waals surface area contributed by atoms with E-state index in [2.05, 4.69) is 9.97 Å². The number of esters is 1. The van der Waals surface area contributed by atoms with Crippen molar-refractivity contribution in [1.82, 2.24) is 14.5 Å². The van der Waals surface area contributed by atoms with Gasteiger partial charge >= 0.3 is 5.97 Å². The Morgan fingerprint density at radius 3 is 2.79 bits per heavy atom. The van der Waals surface area contributed by atoms with E-state index in [4.69, 9.17) is 15.2 Å². The van der Waals surface area contributed by atoms with Gasteiger partial charge in [-0.15, -0.1) is 0 Å². The number of fused-ring (bicyclic) bond motifs is 2. The largest absolute Gasteiger partial charge is 0.465 e. The lowest BCUT2D eigenvalue weighted by Crippen LogP contribution is -2.17. The molecule has 0 aliphatic carbocycles. The Kier molecular flexibility index (Phi) is 3.57. The first-order valence-corrected chi connectivity index (χ1v) is 7.93. The Balaban J connectivity index is 1.96. The fourth-order valence-electron chi connectivity index (χ4n) is 3.20. The van der Waals surface area contributed by atoms with Crippen LogP contribution >= 0.6 is 0 Å². The Morgan fingerprint density at radius 2 is 2.12 bits per heavy atom. The van der Waals surface area contributed by atoms with Gasteiger partial charge in [0.1, 0.15) is 16.9 Å². The zero-order valence-corrected chi connectivity index (χ0v) is 13.4. The number of nitrogen functional groups attached to an aromatic ring is 1. The zero-order chi connectivity index (χ0) is 16.7. The number of benzene rings is 1. The van der Waals surface area contributed by atoms with Crippen molar-refractivity contribution in [3.8, 4) is 0 Å². The van der Waals surface area contributed by atoms with Gasteiger partial charge in [-0.2, -0.15) is 0 Å². The monoisotopic (exact) mass is 326 g/mol. The molecule has 2 N–H and O–H groups in total. The molecule has 1 aromatic carbocycles. The molecule has 4 rings (SSSR count). The molecule has 0 radical (unpaired) electrons. The van der Waals surface area contributed by atoms with Crippen LogP contribution in [-0.4, -0.2) is 40.3 Å². The topological polar surface area (TPSA) is 92.3 Å². The van der Waals surface area contributed by atoms with Crippen molar-refractivity contribution in [3.05, 3.63) is 29.8 Å². The van der Waals surface area contributed by atoms with Gasteiger partial charge in [0.05, 0.1) is 30.8 Å². The summed E-state index contributed by atoms with van der Waals surface area (Å²) in [6.07, 6.45) is 2.07. The lowest BCUT2D eigenvalue weighted by molar-refractivity contribution is 0.0603. The Morgan fingerprint density at radius 1 is 1.38 bits per heavy atom. The predicted molar refractivity (Wildman–Crippen MR) is 89.8 cm³/mol. The van der Waals surface area contributed by atoms with Gasteiger partial charge in [0.2, 0.25) is 0 Å². The van der Waals surface area contributed by atoms with E-state index in [9.17, 15) is 4.79 Å². The molecule has 1 atom stereocenters. The number of aromatic nitrogens is 3. The van der Waals surface area contributed by atoms with E-state index >= 15 is 0 Å². The number of ether oxygens (including phenoxy) is 2. The highest BCUT2D eigenvalue weighted by molar-refractivity contribution is 6.08. The minimum absolute atomic E-state index is 0.0710. The number of anilines is 1. The highest BCUT2D eigenvalue weighted by Gasteiger charge is 2.27. The maximum Gasteiger partial charge on any atom is 0.343 e. The summed E-state index contributed by atoms with van der Waals surface area (Å²) in [6, 6.07) is 7.53. The SMILES string of the molecule is COC(=O)c1c(N)n(C[C@H]2CCCO2)c2nc3ccccc3nc12. The quantitative estimate of drug-likeness (QED) is 0.741. The second-order valence-electron chi connectivity index (χ2n) is 5.88. The number of nitrogens with two attached hydrogens (primary N) is 1. The van der Waals surface area contributed by atoms with Crippen molar-refractivity contribution < 1.29 is 14.3 Å². The van der Waals surface area contributed by atoms with Crippen molar-refractivity contribution in [1.29, 1.82) is 0 Å². The van der Waals surface area contributed by atoms with Crippen LogP contribution in [0, 0.1) is 0 Å². The summed E-state index contributed by atoms with van der Waals surface area (Å²) in [4.78, 5) is 21.5. The van der Waals surface area contributed by atoms with Crippen LogP contribution in [0.25, 0.3) is 22.2 Å². The van der Waals surface area contributed by atoms with E-state index in [1.165, 1.54) is 7.11 Å². The first-order chi connectivity index (χ1) is 11.7. The summed E-state index contributed by atoms with van der Waals surface area (Å²) < 4.78 is 12.4. The first kappa shape index (κ1) is 14.9. The van der Waals surface area contributed by atoms with Crippen LogP contribution in [0.3, 0.4) is 0 Å². The maximum absolute atomic E-state index is 12.2. The van der Waals surface area contributed by atoms with Crippen molar-refractivity contribution in [2.24, 2.45) is 0 Å². The lowest BCUT2D eigenvalue weighted by atomic mass is 10.2. The maximum atomic E-state index is 12.2. The number of carbonyl (C=O) groups excluding carboxylic acids is 1. The summed E-state index contributed by atoms with van der Waals surface area (Å²) in [5, 5.41) is 0. The third-order valence-corrected chi connectivity index (χ3v) is 4.39. The van der Waals surface area contributed by atoms with E-state index in [0.29, 0.717) is 29.0 Å². The average molecular weight is 326 g/mol. The minimum atomic E-state index is -0.506. The molecule has 3 aromatic rings. The molecule has 124 valence electrons. The summed E-state index contributed by atoms with van der Waals surface area (Å²) in [5.41, 5.74) is 9.05. The van der Waals surface area contributed by atoms with E-state index < -0.39 is 5.97 Å². The third kappa shape index (κ3) is 2.28. The summed E-state index contributed by atoms with van der Waals surface area (Å²) in [5.74, 6) is -0.184. The van der Waals surface area contributed by atoms with Gasteiger partial charge in [0.15, 0.2) is 5.65 Å². The normalized spacial score (nSPS) is 17.6. The minimum Gasteiger partial charge on any atom is -0.465 e. The molecule has 0 bridgehead atoms. The number of rotatable bonds is 3. The summed E-state index contributed by atoms with van der Waals surface area (Å²) in [6.45, 7) is 1.30. The van der Waals surface area contributed by atoms with Crippen molar-refractivity contribution in [2.75, 3.05) is 19.5 Å². The number of methoxy groups -OCH3 is 1. The summed E-state index contributed by atoms with van der Waals surface area (Å²) >= 11 is 0. The van der Waals surface area contributed by atoms with Gasteiger partial charge < -0.3 is 19.8 Å². The van der Waals surface area contributed by atoms with E-state index in [1.807, 2.05) is 28.8 Å². The molecule has 1 aliphatic rings. The molecular formula is C17H18N4O3. The lowest BCUT2D eigenvalue weighted by Gasteiger charge is -2.13. The van der Waals surface area contributed by atoms with Crippen molar-refractivity contribution in [2.45, 2.75) is 25.5 Å². The van der Waals surface area contributed by atoms with Gasteiger partial charge in [0.25, 0.3) is 0 Å². The summed E-state index contributed by atoms with van der Waals surface area (Å²) in [7, 11) is 1.33. The Labute approximate surface area is 138 Å². The second-order valence-corrected chi connectivity index (χ2v) is 5.88. The Bertz CT molecular complexity index is 928. The van der Waals surface area contributed by atoms with E-state index in [1.54, 1.807) is 0 Å². The highest BCUT2D eigenvalue weighted by atomic mass is 16.5. The van der Waals surface area contributed by atoms with Gasteiger partial charge in [0, 0.05) is 6.61 Å². The second kappa shape index (κ2) is 5.76. The van der Waals surface area contributed by atoms with Crippen LogP contribution in [0.15, 0.2) is 24.3 Å². The number of nitrogens with zero attached hydrogens (tertiary/aromatic N) is 3. The van der Waals surface area contributed by atoms with Crippen LogP contribution in [0.5, 0.6) is 0 Å². The highest BCUT2D eigenvalue weighted by Crippen LogP contribution is 2.29. The van der Waals surface area contributed by atoms with Crippen LogP contribution in [0.4, 0.5) is 5.82 Å². The van der Waals surface area contributed by atoms with Gasteiger partial charge in [-0.05, 0) is 25.0 Å². The number of para-hydroxylation sites is 2. The van der Waals surface area contributed by atoms with Crippen molar-refractivity contribution >= 4 is 34.0 Å². The Hall–Kier alpha value is -2.67. The number of hydrogen-bond acceptors (Lipinski definition) is 6. The van der Waals surface area contributed by atoms with Crippen LogP contribution in [0.1, 0.15) is 23.2 Å². The molecular weight excluding hydrogens is 308 g/mol. The molecule has 1 aliphatic heterocycles. The molecule has 7 heteroatoms. The average Bonchev–Trinajstić information content (AvgIpc) is 3.20. The van der Waals surface area contributed by atoms with Crippen LogP contribution < -0.4 is 5.73 Å². The molecule has 0 spiro atoms. The number of hydrogen-bond donors (Lipinski definition) is 1. The molecule has 24 heavy (non-hydrogen) atoms. The fraction of sp³-hybridized carbons (Fsp3) is 0.353. The van der Waals surface area contributed by atoms with E-state index in [0.717, 1.165) is 25.0 Å². The smallest absolute Gasteiger partial charge is 0.343 e. The molecule has 2 aromatic heterocycles. The molecule has 3 heterocycles. The molecule has 0 unspecified atom stereocenters. The van der Waals surface area contributed by atoms with Crippen LogP contribution in [-0.2, 0) is 16.0 Å². The van der Waals surface area contributed by atoms with E-state index in [-0.39, 0.29) is 11.7 Å². The molecule has 0 amide bonds. The molecule has 1 saturated heterocycles. The number of carbonyl (C=O) groups is 1. The molecule has 7 nitrogen and oxygen atoms in total. The fourth-order valence-corrected chi connectivity index (χ4v) is 3.20. The predicted octanol–water partition coefficient (Wildman–Crippen LogP) is 2.13. The van der Waals surface area contributed by atoms with Gasteiger partial charge in [-0.1, -0.05) is 12.1 Å². The van der Waals surface area contributed by atoms with Gasteiger partial charge in [-0.3, -0.25) is 0 Å². The molecule has 1 fully saturated rings. The first-order valence-electron chi connectivity index (χ1n) is 7.93. The van der Waals surface area contributed by atoms with Gasteiger partial charge in [-0.25, -0.2) is 14.8 Å². The third-order valence-electron chi connectivity index (χ3n) is 4.39. The standard InChI is InChI=1S/C17H18N4O3/c1-23-17(22)13-14-16(20-12-7-3-2-6-11(12)19-14)21(15(13)18)9-10-5-4-8-24-10/h2-3,6-7,10H,4-5,8-9,18H2,1H3/t10-/m1/s1. The zero-order valence-electron chi connectivity index (χ0n) is 13.4. The van der Waals surface area contributed by atoms with Crippen molar-refractivity contribution in [3.63, 3.8) is 0 Å². The van der Waals surface area contributed by atoms with Crippen LogP contribution in [0.2, 0.25) is 0 Å². The molecule has 0 saturated carbocycles.